The van der Waals surface area contributed by atoms with Gasteiger partial charge in [0.1, 0.15) is 13.2 Å². The number of unbranched alkanes of at least 4 members (excludes halogenated alkanes) is 23. The summed E-state index contributed by atoms with van der Waals surface area (Å²) in [4.78, 5) is 37.9. The molecular formula is C56H96O6. The fourth-order valence-corrected chi connectivity index (χ4v) is 7.01. The molecule has 0 saturated carbocycles. The molecule has 0 bridgehead atoms. The van der Waals surface area contributed by atoms with Crippen molar-refractivity contribution in [1.82, 2.24) is 0 Å². The highest BCUT2D eigenvalue weighted by atomic mass is 16.6. The van der Waals surface area contributed by atoms with Crippen LogP contribution >= 0.6 is 0 Å². The van der Waals surface area contributed by atoms with Gasteiger partial charge in [-0.05, 0) is 109 Å². The van der Waals surface area contributed by atoms with Crippen LogP contribution in [0.3, 0.4) is 0 Å². The Balaban J connectivity index is 4.44. The predicted octanol–water partition coefficient (Wildman–Crippen LogP) is 17.0. The van der Waals surface area contributed by atoms with Gasteiger partial charge >= 0.3 is 17.9 Å². The van der Waals surface area contributed by atoms with E-state index in [1.165, 1.54) is 116 Å². The molecule has 0 amide bonds. The molecule has 6 nitrogen and oxygen atoms in total. The topological polar surface area (TPSA) is 78.9 Å². The fourth-order valence-electron chi connectivity index (χ4n) is 7.01. The fraction of sp³-hybridized carbons (Fsp3) is 0.732. The molecule has 0 N–H and O–H groups in total. The molecule has 0 unspecified atom stereocenters. The Hall–Kier alpha value is -3.15. The Labute approximate surface area is 382 Å². The largest absolute Gasteiger partial charge is 0.462 e. The van der Waals surface area contributed by atoms with Crippen molar-refractivity contribution < 1.29 is 28.6 Å². The first-order chi connectivity index (χ1) is 30.5. The summed E-state index contributed by atoms with van der Waals surface area (Å²) in [6, 6.07) is 0. The Morgan fingerprint density at radius 3 is 1.06 bits per heavy atom. The predicted molar refractivity (Wildman–Crippen MR) is 265 cm³/mol. The van der Waals surface area contributed by atoms with Gasteiger partial charge in [-0.1, -0.05) is 190 Å². The van der Waals surface area contributed by atoms with Gasteiger partial charge in [-0.2, -0.15) is 0 Å². The summed E-state index contributed by atoms with van der Waals surface area (Å²) >= 11 is 0. The minimum absolute atomic E-state index is 0.0970. The molecule has 62 heavy (non-hydrogen) atoms. The molecule has 0 aromatic heterocycles. The zero-order valence-electron chi connectivity index (χ0n) is 40.6. The molecule has 0 aliphatic carbocycles. The Morgan fingerprint density at radius 2 is 0.629 bits per heavy atom. The van der Waals surface area contributed by atoms with Crippen molar-refractivity contribution in [1.29, 1.82) is 0 Å². The van der Waals surface area contributed by atoms with Crippen molar-refractivity contribution >= 4 is 17.9 Å². The summed E-state index contributed by atoms with van der Waals surface area (Å²) in [5, 5.41) is 0. The number of carbonyl (C=O) groups is 3. The molecule has 0 aliphatic rings. The molecule has 0 rings (SSSR count). The van der Waals surface area contributed by atoms with Gasteiger partial charge < -0.3 is 14.2 Å². The molecule has 0 radical (unpaired) electrons. The van der Waals surface area contributed by atoms with Gasteiger partial charge in [0.25, 0.3) is 0 Å². The molecule has 0 fully saturated rings. The SMILES string of the molecule is CC/C=C\C/C=C\C/C=C\C/C=C\CCCCC(=O)O[C@H](COC(=O)CCCCCCC/C=C\CCCCC)COC(=O)CCCCCCCCC/C=C\CCCCCCCC. The molecule has 0 spiro atoms. The van der Waals surface area contributed by atoms with E-state index >= 15 is 0 Å². The van der Waals surface area contributed by atoms with Gasteiger partial charge in [-0.3, -0.25) is 14.4 Å². The van der Waals surface area contributed by atoms with Crippen LogP contribution in [0.5, 0.6) is 0 Å². The average Bonchev–Trinajstić information content (AvgIpc) is 3.27. The van der Waals surface area contributed by atoms with E-state index in [0.29, 0.717) is 19.3 Å². The third-order valence-electron chi connectivity index (χ3n) is 10.9. The van der Waals surface area contributed by atoms with Crippen LogP contribution in [0.4, 0.5) is 0 Å². The summed E-state index contributed by atoms with van der Waals surface area (Å²) in [6.07, 6.45) is 63.1. The maximum atomic E-state index is 12.8. The molecule has 0 aliphatic heterocycles. The van der Waals surface area contributed by atoms with E-state index in [9.17, 15) is 14.4 Å². The van der Waals surface area contributed by atoms with Crippen LogP contribution < -0.4 is 0 Å². The van der Waals surface area contributed by atoms with Crippen molar-refractivity contribution in [3.05, 3.63) is 72.9 Å². The Bertz CT molecular complexity index is 1180. The average molecular weight is 865 g/mol. The van der Waals surface area contributed by atoms with Crippen LogP contribution in [0.25, 0.3) is 0 Å². The second kappa shape index (κ2) is 50.5. The number of allylic oxidation sites excluding steroid dienone is 12. The standard InChI is InChI=1S/C56H96O6/c1-4-7-10-13-16-19-22-25-27-28-30-31-34-37-40-43-46-49-55(58)61-52-53(51-60-54(57)48-45-42-39-36-33-24-21-18-15-12-9-6-3)62-56(59)50-47-44-41-38-35-32-29-26-23-20-17-14-11-8-5-2/h8,11,17-18,20-21,25-27,29,35,38,53H,4-7,9-10,12-16,19,22-24,28,30-34,36-37,39-52H2,1-3H3/b11-8-,20-17-,21-18-,27-25-,29-26-,38-35-/t53-/m1/s1. The quantitative estimate of drug-likeness (QED) is 0.0262. The summed E-state index contributed by atoms with van der Waals surface area (Å²) < 4.78 is 16.7. The lowest BCUT2D eigenvalue weighted by molar-refractivity contribution is -0.167. The van der Waals surface area contributed by atoms with Crippen LogP contribution in [0.2, 0.25) is 0 Å². The van der Waals surface area contributed by atoms with Gasteiger partial charge in [0.15, 0.2) is 6.10 Å². The van der Waals surface area contributed by atoms with Crippen LogP contribution in [0.1, 0.15) is 245 Å². The van der Waals surface area contributed by atoms with Crippen molar-refractivity contribution in [2.45, 2.75) is 252 Å². The normalized spacial score (nSPS) is 12.6. The monoisotopic (exact) mass is 865 g/mol. The highest BCUT2D eigenvalue weighted by molar-refractivity contribution is 5.71. The molecule has 1 atom stereocenters. The lowest BCUT2D eigenvalue weighted by atomic mass is 10.1. The van der Waals surface area contributed by atoms with E-state index in [1.807, 2.05) is 0 Å². The third kappa shape index (κ3) is 47.9. The summed E-state index contributed by atoms with van der Waals surface area (Å²) in [6.45, 7) is 6.45. The van der Waals surface area contributed by atoms with Gasteiger partial charge in [0.05, 0.1) is 0 Å². The van der Waals surface area contributed by atoms with Gasteiger partial charge in [0, 0.05) is 19.3 Å². The number of ether oxygens (including phenoxy) is 3. The van der Waals surface area contributed by atoms with E-state index in [-0.39, 0.29) is 37.5 Å². The highest BCUT2D eigenvalue weighted by Gasteiger charge is 2.19. The minimum atomic E-state index is -0.801. The molecule has 0 saturated heterocycles. The van der Waals surface area contributed by atoms with E-state index in [1.54, 1.807) is 0 Å². The smallest absolute Gasteiger partial charge is 0.306 e. The molecule has 356 valence electrons. The van der Waals surface area contributed by atoms with Crippen LogP contribution in [-0.2, 0) is 28.6 Å². The lowest BCUT2D eigenvalue weighted by Crippen LogP contribution is -2.30. The molecule has 0 aromatic rings. The maximum Gasteiger partial charge on any atom is 0.306 e. The third-order valence-corrected chi connectivity index (χ3v) is 10.9. The number of hydrogen-bond acceptors (Lipinski definition) is 6. The lowest BCUT2D eigenvalue weighted by Gasteiger charge is -2.18. The summed E-state index contributed by atoms with van der Waals surface area (Å²) in [5.74, 6) is -0.951. The van der Waals surface area contributed by atoms with E-state index in [4.69, 9.17) is 14.2 Å². The second-order valence-electron chi connectivity index (χ2n) is 17.0. The molecule has 6 heteroatoms. The van der Waals surface area contributed by atoms with E-state index in [0.717, 1.165) is 83.5 Å². The van der Waals surface area contributed by atoms with Gasteiger partial charge in [-0.25, -0.2) is 0 Å². The van der Waals surface area contributed by atoms with Crippen molar-refractivity contribution in [2.24, 2.45) is 0 Å². The van der Waals surface area contributed by atoms with Crippen molar-refractivity contribution in [2.75, 3.05) is 13.2 Å². The van der Waals surface area contributed by atoms with E-state index < -0.39 is 6.10 Å². The first kappa shape index (κ1) is 58.9. The van der Waals surface area contributed by atoms with Gasteiger partial charge in [-0.15, -0.1) is 0 Å². The summed E-state index contributed by atoms with van der Waals surface area (Å²) in [7, 11) is 0. The maximum absolute atomic E-state index is 12.8. The highest BCUT2D eigenvalue weighted by Crippen LogP contribution is 2.14. The summed E-state index contributed by atoms with van der Waals surface area (Å²) in [5.41, 5.74) is 0. The molecular weight excluding hydrogens is 769 g/mol. The number of hydrogen-bond donors (Lipinski definition) is 0. The van der Waals surface area contributed by atoms with Crippen LogP contribution in [-0.4, -0.2) is 37.2 Å². The van der Waals surface area contributed by atoms with Crippen LogP contribution in [0, 0.1) is 0 Å². The van der Waals surface area contributed by atoms with Crippen LogP contribution in [0.15, 0.2) is 72.9 Å². The van der Waals surface area contributed by atoms with Crippen molar-refractivity contribution in [3.63, 3.8) is 0 Å². The number of carbonyl (C=O) groups excluding carboxylic acids is 3. The Kier molecular flexibility index (Phi) is 47.9. The Morgan fingerprint density at radius 1 is 0.339 bits per heavy atom. The zero-order valence-corrected chi connectivity index (χ0v) is 40.6. The first-order valence-electron chi connectivity index (χ1n) is 25.9. The molecule has 0 aromatic carbocycles. The van der Waals surface area contributed by atoms with Gasteiger partial charge in [0.2, 0.25) is 0 Å². The first-order valence-corrected chi connectivity index (χ1v) is 25.9. The molecule has 0 heterocycles. The number of rotatable bonds is 46. The minimum Gasteiger partial charge on any atom is -0.462 e. The second-order valence-corrected chi connectivity index (χ2v) is 17.0. The number of esters is 3. The van der Waals surface area contributed by atoms with Crippen molar-refractivity contribution in [3.8, 4) is 0 Å². The van der Waals surface area contributed by atoms with E-state index in [2.05, 4.69) is 93.7 Å². The zero-order chi connectivity index (χ0) is 45.1.